The van der Waals surface area contributed by atoms with Crippen LogP contribution in [0.15, 0.2) is 97.2 Å². The number of hydrogen-bond donors (Lipinski definition) is 0. The van der Waals surface area contributed by atoms with E-state index in [9.17, 15) is 14.4 Å². The fraction of sp³-hybridized carbons (Fsp3) is 0.725. The molecule has 0 saturated heterocycles. The molecule has 0 aromatic rings. The zero-order valence-electron chi connectivity index (χ0n) is 49.3. The normalized spacial score (nSPS) is 12.7. The van der Waals surface area contributed by atoms with Gasteiger partial charge in [0.1, 0.15) is 13.2 Å². The molecule has 0 aliphatic carbocycles. The van der Waals surface area contributed by atoms with Crippen molar-refractivity contribution in [3.8, 4) is 0 Å². The molecule has 0 fully saturated rings. The Morgan fingerprint density at radius 3 is 0.840 bits per heavy atom. The van der Waals surface area contributed by atoms with E-state index in [0.29, 0.717) is 19.3 Å². The summed E-state index contributed by atoms with van der Waals surface area (Å²) in [5.74, 6) is -0.916. The van der Waals surface area contributed by atoms with Crippen molar-refractivity contribution in [1.29, 1.82) is 0 Å². The van der Waals surface area contributed by atoms with Crippen LogP contribution in [-0.4, -0.2) is 37.2 Å². The van der Waals surface area contributed by atoms with Gasteiger partial charge in [0.25, 0.3) is 0 Å². The van der Waals surface area contributed by atoms with E-state index in [-0.39, 0.29) is 31.1 Å². The van der Waals surface area contributed by atoms with E-state index in [1.54, 1.807) is 0 Å². The van der Waals surface area contributed by atoms with Crippen LogP contribution in [0.25, 0.3) is 0 Å². The lowest BCUT2D eigenvalue weighted by Crippen LogP contribution is -2.30. The molecule has 0 spiro atoms. The first-order chi connectivity index (χ1) is 37.0. The van der Waals surface area contributed by atoms with Crippen molar-refractivity contribution in [3.63, 3.8) is 0 Å². The Morgan fingerprint density at radius 2 is 0.520 bits per heavy atom. The van der Waals surface area contributed by atoms with Crippen molar-refractivity contribution in [2.75, 3.05) is 13.2 Å². The average molecular weight is 1040 g/mol. The number of ether oxygens (including phenoxy) is 3. The molecule has 0 radical (unpaired) electrons. The second kappa shape index (κ2) is 62.9. The summed E-state index contributed by atoms with van der Waals surface area (Å²) in [7, 11) is 0. The number of unbranched alkanes of at least 4 members (excludes halogenated alkanes) is 30. The molecule has 0 N–H and O–H groups in total. The molecule has 6 heteroatoms. The van der Waals surface area contributed by atoms with Gasteiger partial charge in [0.2, 0.25) is 0 Å². The van der Waals surface area contributed by atoms with Crippen molar-refractivity contribution in [2.45, 2.75) is 309 Å². The molecule has 0 aromatic carbocycles. The molecule has 430 valence electrons. The standard InChI is InChI=1S/C69H118O6/c1-4-7-10-13-16-19-22-25-28-30-32-33-34-35-36-37-38-40-41-44-47-50-53-56-59-62-68(71)74-65-66(64-73-67(70)61-58-55-52-49-46-43-27-24-21-18-15-12-9-6-3)75-69(72)63-60-57-54-51-48-45-42-39-31-29-26-23-20-17-14-11-8-5-2/h7,10,16,19,25,28-29,31-33,35-36,38,40,44,47,66H,4-6,8-9,11-15,17-18,20-24,26-27,30,34,37,39,41-43,45-46,48-65H2,1-3H3/b10-7-,19-16-,28-25-,31-29-,33-32-,36-35-,40-38-,47-44-. The number of hydrogen-bond acceptors (Lipinski definition) is 6. The number of allylic oxidation sites excluding steroid dienone is 16. The van der Waals surface area contributed by atoms with Gasteiger partial charge in [-0.3, -0.25) is 14.4 Å². The number of rotatable bonds is 57. The quantitative estimate of drug-likeness (QED) is 0.0261. The van der Waals surface area contributed by atoms with Gasteiger partial charge in [0.05, 0.1) is 0 Å². The molecule has 0 bridgehead atoms. The zero-order valence-corrected chi connectivity index (χ0v) is 49.3. The van der Waals surface area contributed by atoms with Crippen LogP contribution in [0.3, 0.4) is 0 Å². The molecule has 0 rings (SSSR count). The van der Waals surface area contributed by atoms with Gasteiger partial charge < -0.3 is 14.2 Å². The Balaban J connectivity index is 4.42. The van der Waals surface area contributed by atoms with Crippen molar-refractivity contribution < 1.29 is 28.6 Å². The van der Waals surface area contributed by atoms with Crippen LogP contribution in [0.1, 0.15) is 303 Å². The van der Waals surface area contributed by atoms with Crippen molar-refractivity contribution in [2.24, 2.45) is 0 Å². The van der Waals surface area contributed by atoms with E-state index in [1.807, 2.05) is 0 Å². The highest BCUT2D eigenvalue weighted by atomic mass is 16.6. The monoisotopic (exact) mass is 1040 g/mol. The fourth-order valence-corrected chi connectivity index (χ4v) is 8.83. The molecule has 75 heavy (non-hydrogen) atoms. The van der Waals surface area contributed by atoms with Crippen LogP contribution >= 0.6 is 0 Å². The van der Waals surface area contributed by atoms with Gasteiger partial charge in [-0.25, -0.2) is 0 Å². The van der Waals surface area contributed by atoms with Crippen LogP contribution in [0.4, 0.5) is 0 Å². The van der Waals surface area contributed by atoms with Crippen LogP contribution in [-0.2, 0) is 28.6 Å². The molecule has 1 atom stereocenters. The number of carbonyl (C=O) groups is 3. The Labute approximate surface area is 464 Å². The van der Waals surface area contributed by atoms with E-state index in [2.05, 4.69) is 118 Å². The topological polar surface area (TPSA) is 78.9 Å². The highest BCUT2D eigenvalue weighted by Crippen LogP contribution is 2.16. The van der Waals surface area contributed by atoms with Crippen LogP contribution in [0.5, 0.6) is 0 Å². The van der Waals surface area contributed by atoms with Gasteiger partial charge >= 0.3 is 17.9 Å². The van der Waals surface area contributed by atoms with Crippen molar-refractivity contribution in [1.82, 2.24) is 0 Å². The number of esters is 3. The first kappa shape index (κ1) is 71.3. The van der Waals surface area contributed by atoms with Crippen LogP contribution in [0, 0.1) is 0 Å². The second-order valence-corrected chi connectivity index (χ2v) is 20.9. The zero-order chi connectivity index (χ0) is 54.3. The van der Waals surface area contributed by atoms with Gasteiger partial charge in [-0.2, -0.15) is 0 Å². The molecule has 1 unspecified atom stereocenters. The minimum atomic E-state index is -0.794. The molecule has 0 heterocycles. The molecular formula is C69H118O6. The predicted molar refractivity (Wildman–Crippen MR) is 325 cm³/mol. The van der Waals surface area contributed by atoms with E-state index < -0.39 is 6.10 Å². The average Bonchev–Trinajstić information content (AvgIpc) is 3.41. The molecule has 6 nitrogen and oxygen atoms in total. The molecular weight excluding hydrogens is 925 g/mol. The lowest BCUT2D eigenvalue weighted by atomic mass is 10.0. The third kappa shape index (κ3) is 61.1. The highest BCUT2D eigenvalue weighted by molar-refractivity contribution is 5.71. The molecule has 0 aliphatic rings. The lowest BCUT2D eigenvalue weighted by Gasteiger charge is -2.18. The number of carbonyl (C=O) groups excluding carboxylic acids is 3. The van der Waals surface area contributed by atoms with E-state index in [0.717, 1.165) is 109 Å². The van der Waals surface area contributed by atoms with E-state index in [1.165, 1.54) is 154 Å². The molecule has 0 aromatic heterocycles. The maximum absolute atomic E-state index is 12.9. The SMILES string of the molecule is CC/C=C\C/C=C\C/C=C\C/C=C\C/C=C\C/C=C\C/C=C\CCCCCC(=O)OCC(COC(=O)CCCCCCCCCCCCCCCC)OC(=O)CCCCCCCCC/C=C\CCCCCCCCC. The Morgan fingerprint density at radius 1 is 0.280 bits per heavy atom. The van der Waals surface area contributed by atoms with Gasteiger partial charge in [0, 0.05) is 19.3 Å². The minimum Gasteiger partial charge on any atom is -0.462 e. The summed E-state index contributed by atoms with van der Waals surface area (Å²) in [5.41, 5.74) is 0. The summed E-state index contributed by atoms with van der Waals surface area (Å²) in [5, 5.41) is 0. The second-order valence-electron chi connectivity index (χ2n) is 20.9. The molecule has 0 amide bonds. The van der Waals surface area contributed by atoms with Gasteiger partial charge in [-0.15, -0.1) is 0 Å². The maximum atomic E-state index is 12.9. The lowest BCUT2D eigenvalue weighted by molar-refractivity contribution is -0.167. The first-order valence-electron chi connectivity index (χ1n) is 31.7. The molecule has 0 saturated carbocycles. The Kier molecular flexibility index (Phi) is 59.8. The van der Waals surface area contributed by atoms with E-state index in [4.69, 9.17) is 14.2 Å². The van der Waals surface area contributed by atoms with Gasteiger partial charge in [0.15, 0.2) is 6.10 Å². The third-order valence-corrected chi connectivity index (χ3v) is 13.6. The van der Waals surface area contributed by atoms with Gasteiger partial charge in [-0.05, 0) is 103 Å². The van der Waals surface area contributed by atoms with Crippen LogP contribution in [0.2, 0.25) is 0 Å². The summed E-state index contributed by atoms with van der Waals surface area (Å²) < 4.78 is 16.9. The fourth-order valence-electron chi connectivity index (χ4n) is 8.83. The Bertz CT molecular complexity index is 1480. The first-order valence-corrected chi connectivity index (χ1v) is 31.7. The van der Waals surface area contributed by atoms with Crippen LogP contribution < -0.4 is 0 Å². The summed E-state index contributed by atoms with van der Waals surface area (Å²) in [6.45, 7) is 6.52. The summed E-state index contributed by atoms with van der Waals surface area (Å²) in [6.07, 6.45) is 84.0. The summed E-state index contributed by atoms with van der Waals surface area (Å²) in [6, 6.07) is 0. The summed E-state index contributed by atoms with van der Waals surface area (Å²) >= 11 is 0. The smallest absolute Gasteiger partial charge is 0.306 e. The minimum absolute atomic E-state index is 0.0876. The predicted octanol–water partition coefficient (Wildman–Crippen LogP) is 21.7. The van der Waals surface area contributed by atoms with Gasteiger partial charge in [-0.1, -0.05) is 279 Å². The maximum Gasteiger partial charge on any atom is 0.306 e. The van der Waals surface area contributed by atoms with Crippen molar-refractivity contribution >= 4 is 17.9 Å². The van der Waals surface area contributed by atoms with E-state index >= 15 is 0 Å². The third-order valence-electron chi connectivity index (χ3n) is 13.6. The largest absolute Gasteiger partial charge is 0.462 e. The highest BCUT2D eigenvalue weighted by Gasteiger charge is 2.19. The van der Waals surface area contributed by atoms with Crippen molar-refractivity contribution in [3.05, 3.63) is 97.2 Å². The molecule has 0 aliphatic heterocycles. The summed E-state index contributed by atoms with van der Waals surface area (Å²) in [4.78, 5) is 38.3. The Hall–Kier alpha value is -3.67.